The number of likely N-dealkylation sites (N-methyl/N-ethyl adjacent to an activating group) is 1. The van der Waals surface area contributed by atoms with Crippen molar-refractivity contribution < 1.29 is 14.7 Å². The molecule has 0 aliphatic carbocycles. The normalized spacial score (nSPS) is 12.3. The van der Waals surface area contributed by atoms with E-state index in [1.54, 1.807) is 25.8 Å². The maximum Gasteiger partial charge on any atom is 0.321 e. The van der Waals surface area contributed by atoms with Crippen LogP contribution in [0.25, 0.3) is 0 Å². The van der Waals surface area contributed by atoms with Crippen LogP contribution in [0.2, 0.25) is 0 Å². The second-order valence-corrected chi connectivity index (χ2v) is 3.35. The van der Waals surface area contributed by atoms with E-state index in [0.717, 1.165) is 0 Å². The highest BCUT2D eigenvalue weighted by molar-refractivity contribution is 5.95. The number of aliphatic hydroxyl groups excluding tert-OH is 1. The predicted molar refractivity (Wildman–Crippen MR) is 56.4 cm³/mol. The summed E-state index contributed by atoms with van der Waals surface area (Å²) in [6, 6.07) is -0.600. The molecule has 6 heteroatoms. The molecular formula is C9H19N3O3. The van der Waals surface area contributed by atoms with Crippen molar-refractivity contribution in [2.75, 3.05) is 26.7 Å². The summed E-state index contributed by atoms with van der Waals surface area (Å²) in [5.74, 6) is -0.385. The van der Waals surface area contributed by atoms with E-state index in [9.17, 15) is 9.59 Å². The van der Waals surface area contributed by atoms with Crippen molar-refractivity contribution in [1.29, 1.82) is 0 Å². The average Bonchev–Trinajstić information content (AvgIpc) is 2.16. The number of amides is 3. The molecule has 3 amide bonds. The summed E-state index contributed by atoms with van der Waals surface area (Å²) in [6.45, 7) is 4.09. The smallest absolute Gasteiger partial charge is 0.321 e. The Bertz CT molecular complexity index is 221. The van der Waals surface area contributed by atoms with E-state index in [1.165, 1.54) is 0 Å². The molecule has 0 radical (unpaired) electrons. The molecule has 0 saturated carbocycles. The molecule has 0 aliphatic rings. The number of imide groups is 1. The first-order valence-corrected chi connectivity index (χ1v) is 4.90. The van der Waals surface area contributed by atoms with Crippen molar-refractivity contribution in [2.45, 2.75) is 19.9 Å². The van der Waals surface area contributed by atoms with Crippen molar-refractivity contribution in [3.05, 3.63) is 0 Å². The lowest BCUT2D eigenvalue weighted by Gasteiger charge is -2.21. The minimum Gasteiger partial charge on any atom is -0.395 e. The Hall–Kier alpha value is -1.14. The number of carbonyl (C=O) groups is 2. The molecule has 15 heavy (non-hydrogen) atoms. The van der Waals surface area contributed by atoms with Gasteiger partial charge in [0.15, 0.2) is 0 Å². The fraction of sp³-hybridized carbons (Fsp3) is 0.778. The zero-order valence-electron chi connectivity index (χ0n) is 9.41. The first-order chi connectivity index (χ1) is 7.01. The molecule has 0 heterocycles. The maximum atomic E-state index is 11.3. The number of hydrogen-bond donors (Lipinski definition) is 3. The first-order valence-electron chi connectivity index (χ1n) is 4.90. The van der Waals surface area contributed by atoms with Gasteiger partial charge in [0.1, 0.15) is 0 Å². The number of urea groups is 1. The molecule has 0 bridgehead atoms. The standard InChI is InChI=1S/C9H19N3O3/c1-4-10-9(15)11-8(14)5-12(3)7(2)6-13/h7,13H,4-6H2,1-3H3,(H2,10,11,14,15). The minimum atomic E-state index is -0.493. The average molecular weight is 217 g/mol. The Morgan fingerprint density at radius 2 is 2.07 bits per heavy atom. The highest BCUT2D eigenvalue weighted by Gasteiger charge is 2.13. The number of nitrogens with one attached hydrogen (secondary N) is 2. The van der Waals surface area contributed by atoms with Crippen LogP contribution < -0.4 is 10.6 Å². The predicted octanol–water partition coefficient (Wildman–Crippen LogP) is -0.855. The van der Waals surface area contributed by atoms with Gasteiger partial charge in [-0.1, -0.05) is 0 Å². The van der Waals surface area contributed by atoms with E-state index in [0.29, 0.717) is 6.54 Å². The Kier molecular flexibility index (Phi) is 6.64. The van der Waals surface area contributed by atoms with Crippen molar-refractivity contribution in [3.8, 4) is 0 Å². The second-order valence-electron chi connectivity index (χ2n) is 3.35. The van der Waals surface area contributed by atoms with Crippen molar-refractivity contribution in [2.24, 2.45) is 0 Å². The van der Waals surface area contributed by atoms with E-state index in [2.05, 4.69) is 10.6 Å². The summed E-state index contributed by atoms with van der Waals surface area (Å²) >= 11 is 0. The molecule has 1 atom stereocenters. The highest BCUT2D eigenvalue weighted by Crippen LogP contribution is 1.92. The zero-order valence-corrected chi connectivity index (χ0v) is 9.41. The molecule has 0 aliphatic heterocycles. The number of rotatable bonds is 5. The second kappa shape index (κ2) is 7.19. The van der Waals surface area contributed by atoms with Crippen LogP contribution in [0.15, 0.2) is 0 Å². The van der Waals surface area contributed by atoms with E-state index >= 15 is 0 Å². The number of nitrogens with zero attached hydrogens (tertiary/aromatic N) is 1. The molecule has 0 aromatic heterocycles. The Morgan fingerprint density at radius 1 is 1.47 bits per heavy atom. The van der Waals surface area contributed by atoms with Gasteiger partial charge in [0.2, 0.25) is 5.91 Å². The van der Waals surface area contributed by atoms with Crippen molar-refractivity contribution >= 4 is 11.9 Å². The molecule has 0 rings (SSSR count). The topological polar surface area (TPSA) is 81.7 Å². The number of hydrogen-bond acceptors (Lipinski definition) is 4. The quantitative estimate of drug-likeness (QED) is 0.560. The van der Waals surface area contributed by atoms with E-state index < -0.39 is 6.03 Å². The SMILES string of the molecule is CCNC(=O)NC(=O)CN(C)C(C)CO. The molecule has 3 N–H and O–H groups in total. The lowest BCUT2D eigenvalue weighted by atomic mass is 10.3. The third-order valence-corrected chi connectivity index (χ3v) is 2.00. The summed E-state index contributed by atoms with van der Waals surface area (Å²) in [5, 5.41) is 13.5. The van der Waals surface area contributed by atoms with Gasteiger partial charge in [-0.2, -0.15) is 0 Å². The third kappa shape index (κ3) is 6.03. The van der Waals surface area contributed by atoms with Crippen molar-refractivity contribution in [3.63, 3.8) is 0 Å². The van der Waals surface area contributed by atoms with Crippen LogP contribution in [0.4, 0.5) is 4.79 Å². The largest absolute Gasteiger partial charge is 0.395 e. The summed E-state index contributed by atoms with van der Waals surface area (Å²) in [7, 11) is 1.71. The first kappa shape index (κ1) is 13.9. The third-order valence-electron chi connectivity index (χ3n) is 2.00. The number of aliphatic hydroxyl groups is 1. The van der Waals surface area contributed by atoms with Gasteiger partial charge in [0.05, 0.1) is 13.2 Å². The van der Waals surface area contributed by atoms with Crippen LogP contribution in [-0.2, 0) is 4.79 Å². The van der Waals surface area contributed by atoms with E-state index in [1.807, 2.05) is 0 Å². The Morgan fingerprint density at radius 3 is 2.53 bits per heavy atom. The van der Waals surface area contributed by atoms with Gasteiger partial charge in [0, 0.05) is 12.6 Å². The summed E-state index contributed by atoms with van der Waals surface area (Å²) in [6.07, 6.45) is 0. The Balaban J connectivity index is 3.87. The molecule has 0 fully saturated rings. The van der Waals surface area contributed by atoms with Crippen LogP contribution in [0.3, 0.4) is 0 Å². The molecule has 0 aromatic carbocycles. The maximum absolute atomic E-state index is 11.3. The van der Waals surface area contributed by atoms with E-state index in [-0.39, 0.29) is 25.1 Å². The molecule has 0 saturated heterocycles. The zero-order chi connectivity index (χ0) is 11.8. The highest BCUT2D eigenvalue weighted by atomic mass is 16.3. The lowest BCUT2D eigenvalue weighted by molar-refractivity contribution is -0.121. The van der Waals surface area contributed by atoms with Crippen LogP contribution in [0, 0.1) is 0 Å². The van der Waals surface area contributed by atoms with Gasteiger partial charge >= 0.3 is 6.03 Å². The summed E-state index contributed by atoms with van der Waals surface area (Å²) < 4.78 is 0. The molecule has 1 unspecified atom stereocenters. The molecule has 0 aromatic rings. The van der Waals surface area contributed by atoms with Crippen LogP contribution in [0.1, 0.15) is 13.8 Å². The Labute approximate surface area is 89.6 Å². The molecule has 0 spiro atoms. The van der Waals surface area contributed by atoms with Gasteiger partial charge in [-0.15, -0.1) is 0 Å². The molecule has 88 valence electrons. The monoisotopic (exact) mass is 217 g/mol. The van der Waals surface area contributed by atoms with Gasteiger partial charge < -0.3 is 10.4 Å². The molecule has 6 nitrogen and oxygen atoms in total. The lowest BCUT2D eigenvalue weighted by Crippen LogP contribution is -2.45. The number of carbonyl (C=O) groups excluding carboxylic acids is 2. The van der Waals surface area contributed by atoms with Crippen LogP contribution in [0.5, 0.6) is 0 Å². The molecular weight excluding hydrogens is 198 g/mol. The van der Waals surface area contributed by atoms with Crippen LogP contribution in [-0.4, -0.2) is 54.7 Å². The van der Waals surface area contributed by atoms with Crippen molar-refractivity contribution in [1.82, 2.24) is 15.5 Å². The van der Waals surface area contributed by atoms with Gasteiger partial charge in [-0.25, -0.2) is 4.79 Å². The van der Waals surface area contributed by atoms with E-state index in [4.69, 9.17) is 5.11 Å². The van der Waals surface area contributed by atoms with Gasteiger partial charge in [0.25, 0.3) is 0 Å². The van der Waals surface area contributed by atoms with Gasteiger partial charge in [-0.3, -0.25) is 15.0 Å². The summed E-state index contributed by atoms with van der Waals surface area (Å²) in [4.78, 5) is 23.9. The fourth-order valence-corrected chi connectivity index (χ4v) is 0.893. The summed E-state index contributed by atoms with van der Waals surface area (Å²) in [5.41, 5.74) is 0. The minimum absolute atomic E-state index is 0.0229. The van der Waals surface area contributed by atoms with Gasteiger partial charge in [-0.05, 0) is 20.9 Å². The van der Waals surface area contributed by atoms with Crippen LogP contribution >= 0.6 is 0 Å². The fourth-order valence-electron chi connectivity index (χ4n) is 0.893.